The molecule has 9 heteroatoms. The number of allylic oxidation sites excluding steroid dienone is 1. The second-order valence-corrected chi connectivity index (χ2v) is 10.2. The molecule has 1 N–H and O–H groups in total. The summed E-state index contributed by atoms with van der Waals surface area (Å²) in [5.41, 5.74) is 1.20. The van der Waals surface area contributed by atoms with E-state index >= 15 is 0 Å². The molecule has 0 unspecified atom stereocenters. The summed E-state index contributed by atoms with van der Waals surface area (Å²) in [6.07, 6.45) is 0.868. The molecule has 0 aliphatic rings. The van der Waals surface area contributed by atoms with Crippen molar-refractivity contribution < 1.29 is 16.8 Å². The highest BCUT2D eigenvalue weighted by Crippen LogP contribution is 2.28. The summed E-state index contributed by atoms with van der Waals surface area (Å²) in [5, 5.41) is 11.0. The van der Waals surface area contributed by atoms with Crippen LogP contribution in [0.3, 0.4) is 0 Å². The molecule has 0 aromatic heterocycles. The van der Waals surface area contributed by atoms with E-state index in [1.165, 1.54) is 30.3 Å². The van der Waals surface area contributed by atoms with Gasteiger partial charge in [-0.05, 0) is 47.9 Å². The molecule has 0 atom stereocenters. The van der Waals surface area contributed by atoms with Crippen molar-refractivity contribution in [1.29, 1.82) is 5.26 Å². The normalized spacial score (nSPS) is 12.0. The molecule has 0 aliphatic heterocycles. The zero-order valence-corrected chi connectivity index (χ0v) is 17.9. The van der Waals surface area contributed by atoms with E-state index < -0.39 is 19.9 Å². The van der Waals surface area contributed by atoms with Crippen LogP contribution in [0, 0.1) is 11.3 Å². The van der Waals surface area contributed by atoms with Crippen LogP contribution in [0.5, 0.6) is 0 Å². The van der Waals surface area contributed by atoms with Gasteiger partial charge in [0.2, 0.25) is 9.84 Å². The van der Waals surface area contributed by atoms with Crippen molar-refractivity contribution in [2.24, 2.45) is 0 Å². The molecule has 7 nitrogen and oxygen atoms in total. The molecule has 30 heavy (non-hydrogen) atoms. The van der Waals surface area contributed by atoms with Crippen molar-refractivity contribution in [2.45, 2.75) is 9.79 Å². The van der Waals surface area contributed by atoms with Gasteiger partial charge in [0.1, 0.15) is 0 Å². The number of rotatable bonds is 6. The second kappa shape index (κ2) is 8.18. The first-order valence-corrected chi connectivity index (χ1v) is 11.8. The standard InChI is InChI=1S/C21H19N3O4S2/c1-24(2)21-6-3-5-16-15-19(11-12-20(16)21)30(27,28)23-17-7-9-18(10-8-17)29(25,26)14-4-13-22/h3-12,14-15,23H,1-2H3/b14-4+. The minimum absolute atomic E-state index is 0.0427. The fourth-order valence-corrected chi connectivity index (χ4v) is 4.93. The molecule has 0 amide bonds. The predicted molar refractivity (Wildman–Crippen MR) is 117 cm³/mol. The SMILES string of the molecule is CN(C)c1cccc2cc(S(=O)(=O)Nc3ccc(S(=O)(=O)/C=C/C#N)cc3)ccc12. The van der Waals surface area contributed by atoms with Crippen LogP contribution >= 0.6 is 0 Å². The van der Waals surface area contributed by atoms with Crippen LogP contribution in [0.15, 0.2) is 81.9 Å². The van der Waals surface area contributed by atoms with Gasteiger partial charge in [0.05, 0.1) is 15.9 Å². The summed E-state index contributed by atoms with van der Waals surface area (Å²) in [6, 6.07) is 17.4. The average Bonchev–Trinajstić information content (AvgIpc) is 2.71. The van der Waals surface area contributed by atoms with Gasteiger partial charge in [-0.2, -0.15) is 5.26 Å². The van der Waals surface area contributed by atoms with Gasteiger partial charge in [-0.3, -0.25) is 4.72 Å². The lowest BCUT2D eigenvalue weighted by molar-refractivity contribution is 0.601. The topological polar surface area (TPSA) is 107 Å². The van der Waals surface area contributed by atoms with Crippen LogP contribution in [0.2, 0.25) is 0 Å². The highest BCUT2D eigenvalue weighted by atomic mass is 32.2. The van der Waals surface area contributed by atoms with Gasteiger partial charge in [0.15, 0.2) is 0 Å². The monoisotopic (exact) mass is 441 g/mol. The molecule has 3 aromatic rings. The van der Waals surface area contributed by atoms with Crippen LogP contribution in [-0.4, -0.2) is 30.9 Å². The zero-order valence-electron chi connectivity index (χ0n) is 16.3. The summed E-state index contributed by atoms with van der Waals surface area (Å²) in [6.45, 7) is 0. The molecular weight excluding hydrogens is 422 g/mol. The summed E-state index contributed by atoms with van der Waals surface area (Å²) in [5.74, 6) is 0. The van der Waals surface area contributed by atoms with Gasteiger partial charge in [0, 0.05) is 42.3 Å². The predicted octanol–water partition coefficient (Wildman–Crippen LogP) is 3.52. The fourth-order valence-electron chi connectivity index (χ4n) is 2.93. The Bertz CT molecular complexity index is 1370. The molecule has 0 heterocycles. The van der Waals surface area contributed by atoms with Crippen LogP contribution in [-0.2, 0) is 19.9 Å². The Labute approximate surface area is 175 Å². The third-order valence-corrected chi connectivity index (χ3v) is 7.18. The van der Waals surface area contributed by atoms with Gasteiger partial charge in [-0.1, -0.05) is 18.2 Å². The Morgan fingerprint density at radius 2 is 1.60 bits per heavy atom. The van der Waals surface area contributed by atoms with E-state index in [4.69, 9.17) is 5.26 Å². The lowest BCUT2D eigenvalue weighted by Crippen LogP contribution is -2.13. The van der Waals surface area contributed by atoms with E-state index in [0.29, 0.717) is 0 Å². The van der Waals surface area contributed by atoms with E-state index in [1.807, 2.05) is 37.2 Å². The maximum atomic E-state index is 12.8. The molecule has 0 spiro atoms. The maximum Gasteiger partial charge on any atom is 0.261 e. The van der Waals surface area contributed by atoms with E-state index in [1.54, 1.807) is 18.2 Å². The Balaban J connectivity index is 1.90. The maximum absolute atomic E-state index is 12.8. The van der Waals surface area contributed by atoms with Crippen molar-refractivity contribution >= 4 is 42.0 Å². The van der Waals surface area contributed by atoms with Crippen LogP contribution in [0.1, 0.15) is 0 Å². The van der Waals surface area contributed by atoms with Gasteiger partial charge < -0.3 is 4.90 Å². The number of benzene rings is 3. The van der Waals surface area contributed by atoms with Crippen LogP contribution in [0.4, 0.5) is 11.4 Å². The van der Waals surface area contributed by atoms with Crippen molar-refractivity contribution in [3.8, 4) is 6.07 Å². The molecule has 0 bridgehead atoms. The largest absolute Gasteiger partial charge is 0.377 e. The minimum Gasteiger partial charge on any atom is -0.377 e. The Morgan fingerprint density at radius 3 is 2.23 bits per heavy atom. The summed E-state index contributed by atoms with van der Waals surface area (Å²) < 4.78 is 52.1. The lowest BCUT2D eigenvalue weighted by atomic mass is 10.1. The van der Waals surface area contributed by atoms with Crippen molar-refractivity contribution in [3.63, 3.8) is 0 Å². The molecule has 3 rings (SSSR count). The van der Waals surface area contributed by atoms with Crippen molar-refractivity contribution in [2.75, 3.05) is 23.7 Å². The first kappa shape index (κ1) is 21.4. The molecule has 0 fully saturated rings. The molecule has 154 valence electrons. The first-order valence-electron chi connectivity index (χ1n) is 8.78. The molecule has 0 radical (unpaired) electrons. The minimum atomic E-state index is -3.87. The zero-order chi connectivity index (χ0) is 21.9. The average molecular weight is 442 g/mol. The molecular formula is C21H19N3O4S2. The van der Waals surface area contributed by atoms with E-state index in [-0.39, 0.29) is 15.5 Å². The summed E-state index contributed by atoms with van der Waals surface area (Å²) >= 11 is 0. The van der Waals surface area contributed by atoms with Crippen molar-refractivity contribution in [1.82, 2.24) is 0 Å². The highest BCUT2D eigenvalue weighted by Gasteiger charge is 2.17. The summed E-state index contributed by atoms with van der Waals surface area (Å²) in [4.78, 5) is 2.01. The van der Waals surface area contributed by atoms with Crippen LogP contribution in [0.25, 0.3) is 10.8 Å². The number of fused-ring (bicyclic) bond motifs is 1. The van der Waals surface area contributed by atoms with Gasteiger partial charge in [-0.25, -0.2) is 16.8 Å². The van der Waals surface area contributed by atoms with Crippen LogP contribution < -0.4 is 9.62 Å². The number of hydrogen-bond donors (Lipinski definition) is 1. The van der Waals surface area contributed by atoms with Gasteiger partial charge >= 0.3 is 0 Å². The summed E-state index contributed by atoms with van der Waals surface area (Å²) in [7, 11) is -3.79. The number of nitrogens with one attached hydrogen (secondary N) is 1. The third-order valence-electron chi connectivity index (χ3n) is 4.38. The molecule has 3 aromatic carbocycles. The van der Waals surface area contributed by atoms with Gasteiger partial charge in [0.25, 0.3) is 10.0 Å². The first-order chi connectivity index (χ1) is 14.1. The Kier molecular flexibility index (Phi) is 5.82. The smallest absolute Gasteiger partial charge is 0.261 e. The molecule has 0 saturated carbocycles. The number of anilines is 2. The number of nitriles is 1. The Morgan fingerprint density at radius 1 is 0.933 bits per heavy atom. The number of hydrogen-bond acceptors (Lipinski definition) is 6. The van der Waals surface area contributed by atoms with E-state index in [9.17, 15) is 16.8 Å². The molecule has 0 aliphatic carbocycles. The third kappa shape index (κ3) is 4.45. The van der Waals surface area contributed by atoms with E-state index in [2.05, 4.69) is 4.72 Å². The highest BCUT2D eigenvalue weighted by molar-refractivity contribution is 7.94. The quantitative estimate of drug-likeness (QED) is 0.587. The van der Waals surface area contributed by atoms with Crippen molar-refractivity contribution in [3.05, 3.63) is 72.1 Å². The number of nitrogens with zero attached hydrogens (tertiary/aromatic N) is 2. The van der Waals surface area contributed by atoms with Gasteiger partial charge in [-0.15, -0.1) is 0 Å². The number of sulfonamides is 1. The van der Waals surface area contributed by atoms with E-state index in [0.717, 1.165) is 27.9 Å². The molecule has 0 saturated heterocycles. The lowest BCUT2D eigenvalue weighted by Gasteiger charge is -2.16. The second-order valence-electron chi connectivity index (χ2n) is 6.66. The Hall–Kier alpha value is -3.35. The fraction of sp³-hybridized carbons (Fsp3) is 0.0952. The number of sulfone groups is 1.